The number of benzene rings is 2. The molecule has 0 aliphatic carbocycles. The van der Waals surface area contributed by atoms with Gasteiger partial charge in [0, 0.05) is 12.6 Å². The zero-order chi connectivity index (χ0) is 23.1. The van der Waals surface area contributed by atoms with Crippen molar-refractivity contribution in [1.82, 2.24) is 10.0 Å². The monoisotopic (exact) mass is 464 g/mol. The lowest BCUT2D eigenvalue weighted by atomic mass is 10.1. The number of amides is 1. The molecule has 0 saturated carbocycles. The molecule has 3 N–H and O–H groups in total. The number of sulfonamides is 1. The molecular formula is C22H25FN2O6S. The van der Waals surface area contributed by atoms with Crippen molar-refractivity contribution < 1.29 is 32.2 Å². The van der Waals surface area contributed by atoms with Gasteiger partial charge in [-0.3, -0.25) is 4.79 Å². The molecule has 172 valence electrons. The topological polar surface area (TPSA) is 114 Å². The van der Waals surface area contributed by atoms with Crippen molar-refractivity contribution in [2.24, 2.45) is 0 Å². The van der Waals surface area contributed by atoms with E-state index >= 15 is 0 Å². The Morgan fingerprint density at radius 2 is 1.94 bits per heavy atom. The first kappa shape index (κ1) is 23.9. The minimum atomic E-state index is -3.90. The van der Waals surface area contributed by atoms with Gasteiger partial charge in [0.15, 0.2) is 0 Å². The van der Waals surface area contributed by atoms with E-state index in [4.69, 9.17) is 9.47 Å². The zero-order valence-corrected chi connectivity index (χ0v) is 18.2. The lowest BCUT2D eigenvalue weighted by Gasteiger charge is -2.31. The number of rotatable bonds is 9. The van der Waals surface area contributed by atoms with Gasteiger partial charge in [0.1, 0.15) is 17.7 Å². The minimum Gasteiger partial charge on any atom is -0.497 e. The maximum Gasteiger partial charge on any atom is 0.241 e. The molecule has 1 heterocycles. The molecule has 10 heteroatoms. The molecule has 0 bridgehead atoms. The number of methoxy groups -OCH3 is 1. The molecule has 0 aromatic heterocycles. The fourth-order valence-electron chi connectivity index (χ4n) is 3.18. The number of carbonyl (C=O) groups excluding carboxylic acids is 1. The number of halogens is 1. The van der Waals surface area contributed by atoms with Gasteiger partial charge in [-0.2, -0.15) is 0 Å². The number of carbonyl (C=O) groups is 1. The van der Waals surface area contributed by atoms with Gasteiger partial charge in [-0.05, 0) is 29.8 Å². The summed E-state index contributed by atoms with van der Waals surface area (Å²) in [6.07, 6.45) is 1.65. The highest BCUT2D eigenvalue weighted by Gasteiger charge is 2.31. The molecule has 2 aromatic rings. The van der Waals surface area contributed by atoms with E-state index < -0.39 is 34.9 Å². The van der Waals surface area contributed by atoms with Crippen LogP contribution in [0, 0.1) is 5.82 Å². The molecule has 1 amide bonds. The van der Waals surface area contributed by atoms with Crippen LogP contribution in [-0.4, -0.2) is 51.4 Å². The fraction of sp³-hybridized carbons (Fsp3) is 0.318. The molecule has 0 saturated heterocycles. The van der Waals surface area contributed by atoms with Gasteiger partial charge in [-0.15, -0.1) is 0 Å². The highest BCUT2D eigenvalue weighted by Crippen LogP contribution is 2.20. The number of nitrogens with one attached hydrogen (secondary N) is 2. The quantitative estimate of drug-likeness (QED) is 0.485. The molecular weight excluding hydrogens is 439 g/mol. The van der Waals surface area contributed by atoms with Gasteiger partial charge in [0.2, 0.25) is 15.9 Å². The first-order valence-corrected chi connectivity index (χ1v) is 11.4. The Morgan fingerprint density at radius 1 is 1.19 bits per heavy atom. The Bertz CT molecular complexity index is 1060. The summed E-state index contributed by atoms with van der Waals surface area (Å²) in [6.45, 7) is -0.203. The Labute approximate surface area is 186 Å². The van der Waals surface area contributed by atoms with Gasteiger partial charge < -0.3 is 19.9 Å². The van der Waals surface area contributed by atoms with Gasteiger partial charge in [0.25, 0.3) is 0 Å². The highest BCUT2D eigenvalue weighted by molar-refractivity contribution is 7.89. The van der Waals surface area contributed by atoms with Crippen LogP contribution in [0.3, 0.4) is 0 Å². The number of ether oxygens (including phenoxy) is 2. The predicted octanol–water partition coefficient (Wildman–Crippen LogP) is 1.50. The molecule has 32 heavy (non-hydrogen) atoms. The SMILES string of the molecule is COc1cccc(S(=O)(=O)N[C@@H]2C=C[C@H](CC(=O)NCc3ccc(F)cc3)O[C@H]2CO)c1. The van der Waals surface area contributed by atoms with Crippen LogP contribution in [0.5, 0.6) is 5.75 Å². The van der Waals surface area contributed by atoms with Crippen LogP contribution in [0.25, 0.3) is 0 Å². The third-order valence-electron chi connectivity index (χ3n) is 4.90. The van der Waals surface area contributed by atoms with E-state index in [9.17, 15) is 22.7 Å². The summed E-state index contributed by atoms with van der Waals surface area (Å²) >= 11 is 0. The van der Waals surface area contributed by atoms with E-state index in [1.165, 1.54) is 31.4 Å². The summed E-state index contributed by atoms with van der Waals surface area (Å²) in [5.41, 5.74) is 0.750. The van der Waals surface area contributed by atoms with E-state index in [0.717, 1.165) is 5.56 Å². The van der Waals surface area contributed by atoms with E-state index in [-0.39, 0.29) is 29.6 Å². The van der Waals surface area contributed by atoms with Crippen LogP contribution in [0.4, 0.5) is 4.39 Å². The van der Waals surface area contributed by atoms with Crippen molar-refractivity contribution in [3.8, 4) is 5.75 Å². The second kappa shape index (κ2) is 10.7. The van der Waals surface area contributed by atoms with Crippen LogP contribution in [0.2, 0.25) is 0 Å². The van der Waals surface area contributed by atoms with Gasteiger partial charge in [-0.1, -0.05) is 30.4 Å². The van der Waals surface area contributed by atoms with E-state index in [0.29, 0.717) is 5.75 Å². The summed E-state index contributed by atoms with van der Waals surface area (Å²) in [5, 5.41) is 12.4. The van der Waals surface area contributed by atoms with Crippen LogP contribution in [0.1, 0.15) is 12.0 Å². The fourth-order valence-corrected chi connectivity index (χ4v) is 4.44. The Morgan fingerprint density at radius 3 is 2.62 bits per heavy atom. The average molecular weight is 465 g/mol. The number of hydrogen-bond acceptors (Lipinski definition) is 6. The first-order valence-electron chi connectivity index (χ1n) is 9.93. The predicted molar refractivity (Wildman–Crippen MR) is 115 cm³/mol. The molecule has 1 aliphatic rings. The lowest BCUT2D eigenvalue weighted by molar-refractivity contribution is -0.125. The largest absolute Gasteiger partial charge is 0.497 e. The Balaban J connectivity index is 1.59. The van der Waals surface area contributed by atoms with Crippen molar-refractivity contribution in [3.63, 3.8) is 0 Å². The summed E-state index contributed by atoms with van der Waals surface area (Å²) < 4.78 is 51.6. The number of aliphatic hydroxyl groups excluding tert-OH is 1. The van der Waals surface area contributed by atoms with E-state index in [2.05, 4.69) is 10.0 Å². The van der Waals surface area contributed by atoms with Crippen molar-refractivity contribution >= 4 is 15.9 Å². The smallest absolute Gasteiger partial charge is 0.241 e. The normalized spacial score (nSPS) is 20.7. The average Bonchev–Trinajstić information content (AvgIpc) is 2.79. The summed E-state index contributed by atoms with van der Waals surface area (Å²) in [5.74, 6) is -0.253. The Kier molecular flexibility index (Phi) is 7.97. The van der Waals surface area contributed by atoms with E-state index in [1.807, 2.05) is 0 Å². The van der Waals surface area contributed by atoms with Gasteiger partial charge >= 0.3 is 0 Å². The van der Waals surface area contributed by atoms with E-state index in [1.54, 1.807) is 36.4 Å². The molecule has 3 atom stereocenters. The molecule has 3 rings (SSSR count). The minimum absolute atomic E-state index is 0.0104. The van der Waals surface area contributed by atoms with Crippen LogP contribution < -0.4 is 14.8 Å². The van der Waals surface area contributed by atoms with Crippen molar-refractivity contribution in [1.29, 1.82) is 0 Å². The molecule has 8 nitrogen and oxygen atoms in total. The Hall–Kier alpha value is -2.79. The number of aliphatic hydroxyl groups is 1. The first-order chi connectivity index (χ1) is 15.3. The lowest BCUT2D eigenvalue weighted by Crippen LogP contribution is -2.49. The second-order valence-electron chi connectivity index (χ2n) is 7.21. The maximum atomic E-state index is 12.9. The molecule has 0 radical (unpaired) electrons. The van der Waals surface area contributed by atoms with Crippen LogP contribution in [-0.2, 0) is 26.1 Å². The molecule has 2 aromatic carbocycles. The third kappa shape index (κ3) is 6.36. The summed E-state index contributed by atoms with van der Waals surface area (Å²) in [6, 6.07) is 11.0. The van der Waals surface area contributed by atoms with Gasteiger partial charge in [0.05, 0.1) is 37.2 Å². The third-order valence-corrected chi connectivity index (χ3v) is 6.35. The van der Waals surface area contributed by atoms with Crippen LogP contribution in [0.15, 0.2) is 65.6 Å². The molecule has 1 aliphatic heterocycles. The van der Waals surface area contributed by atoms with Crippen molar-refractivity contribution in [3.05, 3.63) is 72.1 Å². The van der Waals surface area contributed by atoms with Crippen LogP contribution >= 0.6 is 0 Å². The maximum absolute atomic E-state index is 12.9. The highest BCUT2D eigenvalue weighted by atomic mass is 32.2. The molecule has 0 fully saturated rings. The van der Waals surface area contributed by atoms with Crippen molar-refractivity contribution in [2.75, 3.05) is 13.7 Å². The van der Waals surface area contributed by atoms with Crippen molar-refractivity contribution in [2.45, 2.75) is 36.1 Å². The number of hydrogen-bond donors (Lipinski definition) is 3. The zero-order valence-electron chi connectivity index (χ0n) is 17.4. The molecule has 0 spiro atoms. The summed E-state index contributed by atoms with van der Waals surface area (Å²) in [4.78, 5) is 12.2. The standard InChI is InChI=1S/C22H25FN2O6S/c1-30-17-3-2-4-19(11-17)32(28,29)25-20-10-9-18(31-21(20)14-26)12-22(27)24-13-15-5-7-16(23)8-6-15/h2-11,18,20-21,25-26H,12-14H2,1H3,(H,24,27)/t18-,20-,21+/m1/s1. The molecule has 0 unspecified atom stereocenters. The second-order valence-corrected chi connectivity index (χ2v) is 8.93. The van der Waals surface area contributed by atoms with Gasteiger partial charge in [-0.25, -0.2) is 17.5 Å². The summed E-state index contributed by atoms with van der Waals surface area (Å²) in [7, 11) is -2.46.